The fourth-order valence-corrected chi connectivity index (χ4v) is 5.03. The van der Waals surface area contributed by atoms with Gasteiger partial charge in [-0.1, -0.05) is 0 Å². The fraction of sp³-hybridized carbons (Fsp3) is 0.700. The van der Waals surface area contributed by atoms with Crippen molar-refractivity contribution < 1.29 is 9.84 Å². The number of rotatable bonds is 2. The van der Waals surface area contributed by atoms with Crippen LogP contribution in [0, 0.1) is 15.4 Å². The van der Waals surface area contributed by atoms with E-state index in [2.05, 4.69) is 56.7 Å². The number of piperidine rings is 6. The highest BCUT2D eigenvalue weighted by Gasteiger charge is 2.35. The highest BCUT2D eigenvalue weighted by molar-refractivity contribution is 14.1. The lowest BCUT2D eigenvalue weighted by atomic mass is 9.86. The van der Waals surface area contributed by atoms with Crippen LogP contribution < -0.4 is 4.74 Å². The summed E-state index contributed by atoms with van der Waals surface area (Å²) < 4.78 is 7.36. The van der Waals surface area contributed by atoms with Gasteiger partial charge in [0, 0.05) is 16.7 Å². The molecule has 6 heterocycles. The molecule has 138 valence electrons. The molecule has 6 fully saturated rings. The Kier molecular flexibility index (Phi) is 5.84. The van der Waals surface area contributed by atoms with E-state index in [-0.39, 0.29) is 6.10 Å². The number of benzene rings is 1. The Balaban J connectivity index is 0.000000147. The van der Waals surface area contributed by atoms with Crippen molar-refractivity contribution in [1.29, 1.82) is 0 Å². The number of halogens is 1. The molecule has 1 aromatic carbocycles. The molecular formula is C20H29IN2O2. The number of fused-ring (bicyclic) bond motifs is 6. The normalized spacial score (nSPS) is 38.8. The van der Waals surface area contributed by atoms with Gasteiger partial charge in [0.1, 0.15) is 11.9 Å². The number of aliphatic hydroxyl groups excluding tert-OH is 1. The highest BCUT2D eigenvalue weighted by atomic mass is 127. The third-order valence-electron chi connectivity index (χ3n) is 6.32. The van der Waals surface area contributed by atoms with Crippen LogP contribution in [0.3, 0.4) is 0 Å². The van der Waals surface area contributed by atoms with E-state index in [4.69, 9.17) is 4.74 Å². The van der Waals surface area contributed by atoms with Crippen molar-refractivity contribution >= 4 is 22.6 Å². The second-order valence-electron chi connectivity index (χ2n) is 7.95. The van der Waals surface area contributed by atoms with Crippen LogP contribution in [0.25, 0.3) is 0 Å². The number of nitrogens with zero attached hydrogens (tertiary/aromatic N) is 2. The third-order valence-corrected chi connectivity index (χ3v) is 7.04. The molecule has 2 unspecified atom stereocenters. The van der Waals surface area contributed by atoms with E-state index in [1.165, 1.54) is 55.4 Å². The Bertz CT molecular complexity index is 551. The van der Waals surface area contributed by atoms with Gasteiger partial charge in [-0.3, -0.25) is 4.90 Å². The molecule has 0 amide bonds. The lowest BCUT2D eigenvalue weighted by Gasteiger charge is -2.44. The molecule has 25 heavy (non-hydrogen) atoms. The maximum Gasteiger partial charge on any atom is 0.119 e. The molecule has 4 nitrogen and oxygen atoms in total. The van der Waals surface area contributed by atoms with Crippen molar-refractivity contribution in [3.05, 3.63) is 27.8 Å². The second-order valence-corrected chi connectivity index (χ2v) is 9.20. The molecule has 1 N–H and O–H groups in total. The molecule has 6 aliphatic rings. The summed E-state index contributed by atoms with van der Waals surface area (Å²) in [5, 5.41) is 9.36. The molecule has 1 aromatic rings. The van der Waals surface area contributed by atoms with E-state index in [9.17, 15) is 5.11 Å². The van der Waals surface area contributed by atoms with Gasteiger partial charge in [0.2, 0.25) is 0 Å². The Morgan fingerprint density at radius 3 is 1.80 bits per heavy atom. The van der Waals surface area contributed by atoms with Gasteiger partial charge >= 0.3 is 0 Å². The predicted octanol–water partition coefficient (Wildman–Crippen LogP) is 2.84. The van der Waals surface area contributed by atoms with Crippen molar-refractivity contribution in [3.8, 4) is 5.75 Å². The van der Waals surface area contributed by atoms with E-state index in [0.29, 0.717) is 12.0 Å². The summed E-state index contributed by atoms with van der Waals surface area (Å²) >= 11 is 2.32. The number of hydrogen-bond donors (Lipinski definition) is 1. The van der Waals surface area contributed by atoms with E-state index >= 15 is 0 Å². The van der Waals surface area contributed by atoms with Crippen LogP contribution in [0.4, 0.5) is 0 Å². The van der Waals surface area contributed by atoms with E-state index in [0.717, 1.165) is 24.8 Å². The maximum absolute atomic E-state index is 9.36. The first kappa shape index (κ1) is 18.0. The van der Waals surface area contributed by atoms with Gasteiger partial charge in [-0.2, -0.15) is 0 Å². The Labute approximate surface area is 164 Å². The summed E-state index contributed by atoms with van der Waals surface area (Å²) in [5.41, 5.74) is 0. The largest absolute Gasteiger partial charge is 0.489 e. The van der Waals surface area contributed by atoms with Gasteiger partial charge in [-0.15, -0.1) is 0 Å². The highest BCUT2D eigenvalue weighted by Crippen LogP contribution is 2.30. The van der Waals surface area contributed by atoms with Crippen molar-refractivity contribution in [1.82, 2.24) is 9.80 Å². The van der Waals surface area contributed by atoms with Crippen LogP contribution in [0.15, 0.2) is 24.3 Å². The summed E-state index contributed by atoms with van der Waals surface area (Å²) in [4.78, 5) is 4.88. The molecule has 0 aliphatic carbocycles. The molecule has 0 radical (unpaired) electrons. The molecule has 6 saturated heterocycles. The average Bonchev–Trinajstić information content (AvgIpc) is 2.66. The van der Waals surface area contributed by atoms with Crippen LogP contribution in [0.2, 0.25) is 0 Å². The second kappa shape index (κ2) is 8.11. The molecule has 0 spiro atoms. The SMILES string of the molecule is Ic1ccc(OC2CN3CCC2CC3)cc1.OC1CN2CCC1CC2. The van der Waals surface area contributed by atoms with Crippen molar-refractivity contribution in [2.45, 2.75) is 37.9 Å². The summed E-state index contributed by atoms with van der Waals surface area (Å²) in [6.45, 7) is 7.05. The monoisotopic (exact) mass is 456 g/mol. The third kappa shape index (κ3) is 4.49. The molecule has 2 atom stereocenters. The van der Waals surface area contributed by atoms with Gasteiger partial charge in [-0.25, -0.2) is 0 Å². The van der Waals surface area contributed by atoms with Crippen molar-refractivity contribution in [2.24, 2.45) is 11.8 Å². The first-order chi connectivity index (χ1) is 12.2. The van der Waals surface area contributed by atoms with E-state index < -0.39 is 0 Å². The van der Waals surface area contributed by atoms with E-state index in [1.807, 2.05) is 0 Å². The number of hydrogen-bond acceptors (Lipinski definition) is 4. The Morgan fingerprint density at radius 2 is 1.40 bits per heavy atom. The predicted molar refractivity (Wildman–Crippen MR) is 108 cm³/mol. The summed E-state index contributed by atoms with van der Waals surface area (Å²) in [6, 6.07) is 8.38. The molecule has 0 saturated carbocycles. The zero-order chi connectivity index (χ0) is 17.2. The Hall–Kier alpha value is -0.370. The summed E-state index contributed by atoms with van der Waals surface area (Å²) in [5.74, 6) is 2.44. The van der Waals surface area contributed by atoms with Crippen LogP contribution in [0.1, 0.15) is 25.7 Å². The van der Waals surface area contributed by atoms with Gasteiger partial charge in [0.25, 0.3) is 0 Å². The Morgan fingerprint density at radius 1 is 0.840 bits per heavy atom. The van der Waals surface area contributed by atoms with E-state index in [1.54, 1.807) is 0 Å². The van der Waals surface area contributed by atoms with Gasteiger partial charge in [0.15, 0.2) is 0 Å². The number of aliphatic hydroxyl groups is 1. The minimum Gasteiger partial charge on any atom is -0.489 e. The lowest BCUT2D eigenvalue weighted by molar-refractivity contribution is -0.0227. The minimum absolute atomic E-state index is 0.00694. The van der Waals surface area contributed by atoms with Crippen LogP contribution in [-0.2, 0) is 0 Å². The minimum atomic E-state index is -0.00694. The fourth-order valence-electron chi connectivity index (χ4n) is 4.67. The van der Waals surface area contributed by atoms with Gasteiger partial charge < -0.3 is 14.7 Å². The van der Waals surface area contributed by atoms with Gasteiger partial charge in [0.05, 0.1) is 6.10 Å². The molecule has 6 aliphatic heterocycles. The van der Waals surface area contributed by atoms with Gasteiger partial charge in [-0.05, 0) is 111 Å². The van der Waals surface area contributed by atoms with Crippen molar-refractivity contribution in [3.63, 3.8) is 0 Å². The lowest BCUT2D eigenvalue weighted by Crippen LogP contribution is -2.52. The quantitative estimate of drug-likeness (QED) is 0.695. The van der Waals surface area contributed by atoms with Crippen molar-refractivity contribution in [2.75, 3.05) is 39.3 Å². The summed E-state index contributed by atoms with van der Waals surface area (Å²) in [6.07, 6.45) is 5.49. The zero-order valence-electron chi connectivity index (χ0n) is 14.8. The molecule has 4 bridgehead atoms. The zero-order valence-corrected chi connectivity index (χ0v) is 17.0. The summed E-state index contributed by atoms with van der Waals surface area (Å²) in [7, 11) is 0. The topological polar surface area (TPSA) is 35.9 Å². The molecule has 5 heteroatoms. The average molecular weight is 456 g/mol. The smallest absolute Gasteiger partial charge is 0.119 e. The molecule has 0 aromatic heterocycles. The standard InChI is InChI=1S/C13H16INO.C7H13NO/c14-11-1-3-12(4-2-11)16-13-9-15-7-5-10(13)6-8-15;9-7-5-8-3-1-6(7)2-4-8/h1-4,10,13H,5-9H2;6-7,9H,1-5H2. The molecule has 7 rings (SSSR count). The first-order valence-corrected chi connectivity index (χ1v) is 10.8. The van der Waals surface area contributed by atoms with Crippen LogP contribution in [-0.4, -0.2) is 66.4 Å². The first-order valence-electron chi connectivity index (χ1n) is 9.72. The molecular weight excluding hydrogens is 427 g/mol. The van der Waals surface area contributed by atoms with Crippen LogP contribution in [0.5, 0.6) is 5.75 Å². The number of ether oxygens (including phenoxy) is 1. The maximum atomic E-state index is 9.36. The van der Waals surface area contributed by atoms with Crippen LogP contribution >= 0.6 is 22.6 Å².